The fraction of sp³-hybridized carbons (Fsp3) is 0.182. The van der Waals surface area contributed by atoms with Gasteiger partial charge in [-0.1, -0.05) is 30.3 Å². The molecule has 0 radical (unpaired) electrons. The van der Waals surface area contributed by atoms with Gasteiger partial charge in [0.05, 0.1) is 23.9 Å². The Balaban J connectivity index is 1.86. The maximum atomic E-state index is 13.5. The Kier molecular flexibility index (Phi) is 4.82. The van der Waals surface area contributed by atoms with E-state index in [-0.39, 0.29) is 23.7 Å². The first-order valence-corrected chi connectivity index (χ1v) is 10.9. The maximum Gasteiger partial charge on any atom is 0.306 e. The third-order valence-electron chi connectivity index (χ3n) is 5.03. The molecule has 0 aliphatic carbocycles. The highest BCUT2D eigenvalue weighted by Crippen LogP contribution is 2.44. The number of hydrogen-bond acceptors (Lipinski definition) is 6. The van der Waals surface area contributed by atoms with Crippen LogP contribution in [0.5, 0.6) is 5.75 Å². The van der Waals surface area contributed by atoms with Gasteiger partial charge < -0.3 is 8.60 Å². The fourth-order valence-electron chi connectivity index (χ4n) is 3.71. The number of hydrogen-bond donors (Lipinski definition) is 0. The van der Waals surface area contributed by atoms with Crippen molar-refractivity contribution in [2.45, 2.75) is 18.8 Å². The average Bonchev–Trinajstić information content (AvgIpc) is 2.97. The second-order valence-corrected chi connectivity index (χ2v) is 8.89. The van der Waals surface area contributed by atoms with Gasteiger partial charge in [-0.15, -0.1) is 0 Å². The van der Waals surface area contributed by atoms with E-state index in [1.165, 1.54) is 18.4 Å². The van der Waals surface area contributed by atoms with Crippen molar-refractivity contribution >= 4 is 21.5 Å². The molecule has 0 saturated carbocycles. The molecule has 154 valence electrons. The van der Waals surface area contributed by atoms with Gasteiger partial charge in [-0.3, -0.25) is 9.79 Å². The zero-order valence-electron chi connectivity index (χ0n) is 16.3. The summed E-state index contributed by atoms with van der Waals surface area (Å²) >= 11 is 0. The number of aliphatic imine (C=N–C) groups is 1. The lowest BCUT2D eigenvalue weighted by atomic mass is 9.74. The monoisotopic (exact) mass is 427 g/mol. The Bertz CT molecular complexity index is 1310. The summed E-state index contributed by atoms with van der Waals surface area (Å²) in [4.78, 5) is 17.1. The highest BCUT2D eigenvalue weighted by atomic mass is 32.2. The number of rotatable bonds is 5. The molecule has 0 N–H and O–H groups in total. The molecule has 3 aromatic rings. The van der Waals surface area contributed by atoms with Gasteiger partial charge in [0.1, 0.15) is 5.82 Å². The van der Waals surface area contributed by atoms with Crippen LogP contribution in [0.1, 0.15) is 23.8 Å². The lowest BCUT2D eigenvalue weighted by Gasteiger charge is -2.28. The molecule has 4 rings (SSSR count). The van der Waals surface area contributed by atoms with Gasteiger partial charge in [0, 0.05) is 17.9 Å². The summed E-state index contributed by atoms with van der Waals surface area (Å²) in [5.74, 6) is -0.652. The van der Waals surface area contributed by atoms with E-state index < -0.39 is 21.0 Å². The van der Waals surface area contributed by atoms with Crippen LogP contribution in [0.2, 0.25) is 0 Å². The van der Waals surface area contributed by atoms with E-state index in [0.29, 0.717) is 11.3 Å². The number of halogens is 1. The number of benzene rings is 2. The van der Waals surface area contributed by atoms with Crippen molar-refractivity contribution in [2.75, 3.05) is 6.26 Å². The van der Waals surface area contributed by atoms with Gasteiger partial charge >= 0.3 is 10.1 Å². The van der Waals surface area contributed by atoms with Gasteiger partial charge in [-0.2, -0.15) is 8.42 Å². The molecular weight excluding hydrogens is 409 g/mol. The van der Waals surface area contributed by atoms with E-state index in [1.54, 1.807) is 12.1 Å². The predicted octanol–water partition coefficient (Wildman–Crippen LogP) is 3.75. The molecule has 0 saturated heterocycles. The predicted molar refractivity (Wildman–Crippen MR) is 111 cm³/mol. The van der Waals surface area contributed by atoms with Crippen LogP contribution in [0, 0.1) is 5.82 Å². The second kappa shape index (κ2) is 7.21. The van der Waals surface area contributed by atoms with Crippen molar-refractivity contribution in [3.8, 4) is 5.75 Å². The molecule has 2 heterocycles. The Hall–Kier alpha value is -3.26. The Morgan fingerprint density at radius 2 is 1.80 bits per heavy atom. The van der Waals surface area contributed by atoms with Crippen molar-refractivity contribution in [1.82, 2.24) is 0 Å². The Morgan fingerprint density at radius 1 is 1.10 bits per heavy atom. The minimum absolute atomic E-state index is 0.0851. The van der Waals surface area contributed by atoms with E-state index in [2.05, 4.69) is 0 Å². The van der Waals surface area contributed by atoms with Crippen LogP contribution in [-0.4, -0.2) is 20.4 Å². The fourth-order valence-corrected chi connectivity index (χ4v) is 4.18. The average molecular weight is 427 g/mol. The van der Waals surface area contributed by atoms with Crippen molar-refractivity contribution in [1.29, 1.82) is 0 Å². The molecule has 1 aromatic heterocycles. The molecule has 0 spiro atoms. The summed E-state index contributed by atoms with van der Waals surface area (Å²) in [5.41, 5.74) is 1.60. The van der Waals surface area contributed by atoms with Crippen LogP contribution in [0.15, 0.2) is 75.1 Å². The van der Waals surface area contributed by atoms with Crippen LogP contribution in [0.3, 0.4) is 0 Å². The molecule has 8 heteroatoms. The Labute approximate surface area is 172 Å². The highest BCUT2D eigenvalue weighted by Gasteiger charge is 2.41. The maximum absolute atomic E-state index is 13.5. The zero-order valence-corrected chi connectivity index (χ0v) is 17.1. The highest BCUT2D eigenvalue weighted by molar-refractivity contribution is 7.86. The number of fused-ring (bicyclic) bond motifs is 1. The first kappa shape index (κ1) is 20.0. The zero-order chi connectivity index (χ0) is 21.5. The summed E-state index contributed by atoms with van der Waals surface area (Å²) in [5, 5.41) is 0. The third kappa shape index (κ3) is 3.66. The lowest BCUT2D eigenvalue weighted by molar-refractivity contribution is 0.412. The molecule has 30 heavy (non-hydrogen) atoms. The topological polar surface area (TPSA) is 85.9 Å². The molecule has 1 aliphatic rings. The van der Waals surface area contributed by atoms with Crippen LogP contribution in [0.4, 0.5) is 10.1 Å². The molecule has 1 unspecified atom stereocenters. The molecular formula is C22H18FNO5S. The van der Waals surface area contributed by atoms with E-state index in [4.69, 9.17) is 13.6 Å². The number of para-hydroxylation sites is 1. The first-order valence-electron chi connectivity index (χ1n) is 9.12. The lowest BCUT2D eigenvalue weighted by Crippen LogP contribution is -2.33. The van der Waals surface area contributed by atoms with Crippen molar-refractivity contribution in [3.05, 3.63) is 93.8 Å². The van der Waals surface area contributed by atoms with Gasteiger partial charge in [0.25, 0.3) is 0 Å². The molecule has 0 bridgehead atoms. The number of nitrogens with zero attached hydrogens (tertiary/aromatic N) is 1. The normalized spacial score (nSPS) is 18.0. The first-order chi connectivity index (χ1) is 14.2. The van der Waals surface area contributed by atoms with Crippen LogP contribution in [0.25, 0.3) is 0 Å². The standard InChI is InChI=1S/C22H18FNO5S/c1-22(13-19-20(29-30(2,26)27)18(25)11-12-28-19)16-5-3-4-6-17(16)24-21(22)14-7-9-15(23)10-8-14/h3-12H,13H2,1-2H3. The molecule has 0 amide bonds. The van der Waals surface area contributed by atoms with Gasteiger partial charge in [-0.05, 0) is 36.2 Å². The van der Waals surface area contributed by atoms with Crippen LogP contribution >= 0.6 is 0 Å². The van der Waals surface area contributed by atoms with Crippen LogP contribution in [-0.2, 0) is 22.0 Å². The van der Waals surface area contributed by atoms with E-state index in [9.17, 15) is 17.6 Å². The molecule has 0 fully saturated rings. The van der Waals surface area contributed by atoms with Crippen molar-refractivity contribution in [2.24, 2.45) is 4.99 Å². The van der Waals surface area contributed by atoms with Crippen LogP contribution < -0.4 is 9.61 Å². The SMILES string of the molecule is CC1(Cc2occc(=O)c2OS(C)(=O)=O)C(c2ccc(F)cc2)=Nc2ccccc21. The molecule has 1 aliphatic heterocycles. The summed E-state index contributed by atoms with van der Waals surface area (Å²) in [6, 6.07) is 14.6. The quantitative estimate of drug-likeness (QED) is 0.579. The largest absolute Gasteiger partial charge is 0.465 e. The smallest absolute Gasteiger partial charge is 0.306 e. The summed E-state index contributed by atoms with van der Waals surface area (Å²) < 4.78 is 47.3. The summed E-state index contributed by atoms with van der Waals surface area (Å²) in [6.07, 6.45) is 2.17. The Morgan fingerprint density at radius 3 is 2.50 bits per heavy atom. The van der Waals surface area contributed by atoms with Crippen molar-refractivity contribution in [3.63, 3.8) is 0 Å². The van der Waals surface area contributed by atoms with Gasteiger partial charge in [0.15, 0.2) is 5.76 Å². The summed E-state index contributed by atoms with van der Waals surface area (Å²) in [7, 11) is -3.94. The molecule has 6 nitrogen and oxygen atoms in total. The molecule has 1 atom stereocenters. The van der Waals surface area contributed by atoms with Gasteiger partial charge in [-0.25, -0.2) is 4.39 Å². The van der Waals surface area contributed by atoms with E-state index >= 15 is 0 Å². The van der Waals surface area contributed by atoms with Crippen molar-refractivity contribution < 1.29 is 21.4 Å². The van der Waals surface area contributed by atoms with E-state index in [1.807, 2.05) is 31.2 Å². The van der Waals surface area contributed by atoms with E-state index in [0.717, 1.165) is 23.6 Å². The second-order valence-electron chi connectivity index (χ2n) is 7.32. The minimum Gasteiger partial charge on any atom is -0.465 e. The minimum atomic E-state index is -3.94. The van der Waals surface area contributed by atoms with Gasteiger partial charge in [0.2, 0.25) is 11.2 Å². The summed E-state index contributed by atoms with van der Waals surface area (Å²) in [6.45, 7) is 1.91. The molecule has 2 aromatic carbocycles. The third-order valence-corrected chi connectivity index (χ3v) is 5.50.